The molecule has 1 amide bonds. The predicted molar refractivity (Wildman–Crippen MR) is 92.1 cm³/mol. The number of hydrogen-bond acceptors (Lipinski definition) is 3. The molecular formula is C16H20ClN3OS. The Morgan fingerprint density at radius 1 is 1.45 bits per heavy atom. The number of carbonyl (C=O) groups excluding carboxylic acids is 1. The number of rotatable bonds is 8. The maximum atomic E-state index is 12.0. The molecule has 6 heteroatoms. The van der Waals surface area contributed by atoms with Crippen molar-refractivity contribution in [1.82, 2.24) is 14.9 Å². The molecule has 0 radical (unpaired) electrons. The van der Waals surface area contributed by atoms with Gasteiger partial charge in [-0.05, 0) is 18.1 Å². The average molecular weight is 338 g/mol. The van der Waals surface area contributed by atoms with Crippen LogP contribution in [0.5, 0.6) is 0 Å². The van der Waals surface area contributed by atoms with Crippen molar-refractivity contribution in [2.24, 2.45) is 0 Å². The first-order valence-electron chi connectivity index (χ1n) is 7.25. The van der Waals surface area contributed by atoms with Gasteiger partial charge in [0.25, 0.3) is 0 Å². The SMILES string of the molecule is CC[C@@H](Cn1ccnc1)NC(=O)CSCc1ccccc1Cl. The number of imidazole rings is 1. The second kappa shape index (κ2) is 8.86. The van der Waals surface area contributed by atoms with Gasteiger partial charge in [0.15, 0.2) is 0 Å². The van der Waals surface area contributed by atoms with E-state index in [1.807, 2.05) is 35.0 Å². The highest BCUT2D eigenvalue weighted by molar-refractivity contribution is 7.99. The molecule has 1 heterocycles. The van der Waals surface area contributed by atoms with Crippen LogP contribution in [0, 0.1) is 0 Å². The summed E-state index contributed by atoms with van der Waals surface area (Å²) >= 11 is 7.68. The molecule has 118 valence electrons. The molecule has 1 aromatic heterocycles. The van der Waals surface area contributed by atoms with Gasteiger partial charge in [0.2, 0.25) is 5.91 Å². The van der Waals surface area contributed by atoms with Gasteiger partial charge in [-0.15, -0.1) is 11.8 Å². The molecule has 0 unspecified atom stereocenters. The molecule has 0 aliphatic carbocycles. The van der Waals surface area contributed by atoms with Crippen LogP contribution in [0.2, 0.25) is 5.02 Å². The molecule has 22 heavy (non-hydrogen) atoms. The molecule has 1 aromatic carbocycles. The highest BCUT2D eigenvalue weighted by atomic mass is 35.5. The van der Waals surface area contributed by atoms with Crippen LogP contribution in [0.15, 0.2) is 43.0 Å². The van der Waals surface area contributed by atoms with Crippen LogP contribution < -0.4 is 5.32 Å². The van der Waals surface area contributed by atoms with Crippen LogP contribution in [0.25, 0.3) is 0 Å². The van der Waals surface area contributed by atoms with Crippen LogP contribution in [0.4, 0.5) is 0 Å². The summed E-state index contributed by atoms with van der Waals surface area (Å²) in [4.78, 5) is 16.0. The fourth-order valence-electron chi connectivity index (χ4n) is 2.06. The first-order chi connectivity index (χ1) is 10.7. The summed E-state index contributed by atoms with van der Waals surface area (Å²) in [5.74, 6) is 1.24. The van der Waals surface area contributed by atoms with Crippen LogP contribution >= 0.6 is 23.4 Å². The minimum Gasteiger partial charge on any atom is -0.351 e. The van der Waals surface area contributed by atoms with E-state index in [0.29, 0.717) is 5.75 Å². The van der Waals surface area contributed by atoms with E-state index >= 15 is 0 Å². The third kappa shape index (κ3) is 5.39. The molecular weight excluding hydrogens is 318 g/mol. The summed E-state index contributed by atoms with van der Waals surface area (Å²) in [6.07, 6.45) is 6.30. The molecule has 1 atom stereocenters. The number of halogens is 1. The molecule has 0 bridgehead atoms. The van der Waals surface area contributed by atoms with Crippen molar-refractivity contribution in [3.8, 4) is 0 Å². The minimum atomic E-state index is 0.0593. The summed E-state index contributed by atoms with van der Waals surface area (Å²) in [5, 5.41) is 3.82. The van der Waals surface area contributed by atoms with Crippen LogP contribution in [-0.4, -0.2) is 27.3 Å². The molecule has 0 fully saturated rings. The molecule has 0 spiro atoms. The zero-order valence-corrected chi connectivity index (χ0v) is 14.1. The van der Waals surface area contributed by atoms with Crippen molar-refractivity contribution in [2.75, 3.05) is 5.75 Å². The third-order valence-electron chi connectivity index (χ3n) is 3.30. The normalized spacial score (nSPS) is 12.1. The van der Waals surface area contributed by atoms with Crippen LogP contribution in [0.3, 0.4) is 0 Å². The number of nitrogens with one attached hydrogen (secondary N) is 1. The van der Waals surface area contributed by atoms with E-state index in [-0.39, 0.29) is 11.9 Å². The Hall–Kier alpha value is -1.46. The number of nitrogens with zero attached hydrogens (tertiary/aromatic N) is 2. The van der Waals surface area contributed by atoms with E-state index in [4.69, 9.17) is 11.6 Å². The lowest BCUT2D eigenvalue weighted by Gasteiger charge is -2.17. The van der Waals surface area contributed by atoms with E-state index in [1.54, 1.807) is 24.3 Å². The fourth-order valence-corrected chi connectivity index (χ4v) is 3.19. The van der Waals surface area contributed by atoms with Gasteiger partial charge in [0, 0.05) is 35.8 Å². The second-order valence-corrected chi connectivity index (χ2v) is 6.41. The summed E-state index contributed by atoms with van der Waals surface area (Å²) in [6, 6.07) is 7.85. The Labute approximate surface area is 140 Å². The Bertz CT molecular complexity index is 589. The largest absolute Gasteiger partial charge is 0.351 e. The molecule has 0 saturated heterocycles. The van der Waals surface area contributed by atoms with Crippen molar-refractivity contribution in [3.05, 3.63) is 53.6 Å². The van der Waals surface area contributed by atoms with Gasteiger partial charge in [-0.2, -0.15) is 0 Å². The maximum Gasteiger partial charge on any atom is 0.230 e. The van der Waals surface area contributed by atoms with Gasteiger partial charge in [0.05, 0.1) is 12.1 Å². The Morgan fingerprint density at radius 2 is 2.27 bits per heavy atom. The van der Waals surface area contributed by atoms with Gasteiger partial charge in [-0.3, -0.25) is 4.79 Å². The molecule has 0 aliphatic rings. The highest BCUT2D eigenvalue weighted by Gasteiger charge is 2.11. The predicted octanol–water partition coefficient (Wildman–Crippen LogP) is 3.36. The zero-order chi connectivity index (χ0) is 15.8. The van der Waals surface area contributed by atoms with Gasteiger partial charge in [-0.1, -0.05) is 36.7 Å². The highest BCUT2D eigenvalue weighted by Crippen LogP contribution is 2.20. The number of hydrogen-bond donors (Lipinski definition) is 1. The van der Waals surface area contributed by atoms with Crippen molar-refractivity contribution in [2.45, 2.75) is 31.7 Å². The van der Waals surface area contributed by atoms with Gasteiger partial charge < -0.3 is 9.88 Å². The molecule has 4 nitrogen and oxygen atoms in total. The summed E-state index contributed by atoms with van der Waals surface area (Å²) in [7, 11) is 0. The smallest absolute Gasteiger partial charge is 0.230 e. The van der Waals surface area contributed by atoms with E-state index in [2.05, 4.69) is 17.2 Å². The lowest BCUT2D eigenvalue weighted by atomic mass is 10.2. The lowest BCUT2D eigenvalue weighted by molar-refractivity contribution is -0.119. The monoisotopic (exact) mass is 337 g/mol. The van der Waals surface area contributed by atoms with Gasteiger partial charge >= 0.3 is 0 Å². The van der Waals surface area contributed by atoms with Crippen molar-refractivity contribution >= 4 is 29.3 Å². The Kier molecular flexibility index (Phi) is 6.80. The molecule has 1 N–H and O–H groups in total. The summed E-state index contributed by atoms with van der Waals surface area (Å²) in [6.45, 7) is 2.82. The number of thioether (sulfide) groups is 1. The van der Waals surface area contributed by atoms with E-state index < -0.39 is 0 Å². The molecule has 0 aliphatic heterocycles. The molecule has 0 saturated carbocycles. The van der Waals surface area contributed by atoms with Crippen LogP contribution in [-0.2, 0) is 17.1 Å². The van der Waals surface area contributed by atoms with E-state index in [9.17, 15) is 4.79 Å². The average Bonchev–Trinajstić information content (AvgIpc) is 3.01. The van der Waals surface area contributed by atoms with Crippen LogP contribution in [0.1, 0.15) is 18.9 Å². The standard InChI is InChI=1S/C16H20ClN3OS/c1-2-14(9-20-8-7-18-12-20)19-16(21)11-22-10-13-5-3-4-6-15(13)17/h3-8,12,14H,2,9-11H2,1H3,(H,19,21)/t14-/m0/s1. The van der Waals surface area contributed by atoms with Gasteiger partial charge in [-0.25, -0.2) is 4.98 Å². The minimum absolute atomic E-state index is 0.0593. The first-order valence-corrected chi connectivity index (χ1v) is 8.78. The molecule has 2 aromatic rings. The van der Waals surface area contributed by atoms with Gasteiger partial charge in [0.1, 0.15) is 0 Å². The maximum absolute atomic E-state index is 12.0. The van der Waals surface area contributed by atoms with E-state index in [0.717, 1.165) is 29.3 Å². The quantitative estimate of drug-likeness (QED) is 0.803. The second-order valence-electron chi connectivity index (χ2n) is 5.02. The first kappa shape index (κ1) is 16.9. The van der Waals surface area contributed by atoms with Crippen molar-refractivity contribution < 1.29 is 4.79 Å². The van der Waals surface area contributed by atoms with Crippen molar-refractivity contribution in [1.29, 1.82) is 0 Å². The van der Waals surface area contributed by atoms with Crippen molar-refractivity contribution in [3.63, 3.8) is 0 Å². The fraction of sp³-hybridized carbons (Fsp3) is 0.375. The Balaban J connectivity index is 1.73. The topological polar surface area (TPSA) is 46.9 Å². The van der Waals surface area contributed by atoms with E-state index in [1.165, 1.54) is 0 Å². The third-order valence-corrected chi connectivity index (χ3v) is 4.65. The molecule has 2 rings (SSSR count). The Morgan fingerprint density at radius 3 is 2.95 bits per heavy atom. The number of carbonyl (C=O) groups is 1. The summed E-state index contributed by atoms with van der Waals surface area (Å²) < 4.78 is 1.98. The lowest BCUT2D eigenvalue weighted by Crippen LogP contribution is -2.38. The number of aromatic nitrogens is 2. The zero-order valence-electron chi connectivity index (χ0n) is 12.5. The number of amides is 1. The number of benzene rings is 1. The summed E-state index contributed by atoms with van der Waals surface area (Å²) in [5.41, 5.74) is 1.06.